The maximum absolute atomic E-state index is 4.32. The monoisotopic (exact) mass is 260 g/mol. The van der Waals surface area contributed by atoms with Crippen molar-refractivity contribution in [2.45, 2.75) is 23.2 Å². The van der Waals surface area contributed by atoms with Crippen molar-refractivity contribution >= 4 is 22.6 Å². The number of hydrogen-bond donors (Lipinski definition) is 0. The fraction of sp³-hybridized carbons (Fsp3) is 0.500. The minimum atomic E-state index is 0.575. The molecule has 58 valence electrons. The summed E-state index contributed by atoms with van der Waals surface area (Å²) < 4.78 is 0.575. The Morgan fingerprint density at radius 2 is 2.00 bits per heavy atom. The minimum absolute atomic E-state index is 0.575. The van der Waals surface area contributed by atoms with Gasteiger partial charge in [0.15, 0.2) is 0 Å². The van der Waals surface area contributed by atoms with E-state index in [0.29, 0.717) is 9.84 Å². The zero-order chi connectivity index (χ0) is 7.84. The number of fused-ring (bicyclic) bond motifs is 1. The third-order valence-corrected chi connectivity index (χ3v) is 3.18. The lowest BCUT2D eigenvalue weighted by molar-refractivity contribution is 0.733. The van der Waals surface area contributed by atoms with Crippen LogP contribution in [0.5, 0.6) is 0 Å². The van der Waals surface area contributed by atoms with Gasteiger partial charge in [-0.05, 0) is 6.42 Å². The van der Waals surface area contributed by atoms with E-state index in [1.807, 2.05) is 0 Å². The molecule has 1 aromatic rings. The van der Waals surface area contributed by atoms with E-state index >= 15 is 0 Å². The second kappa shape index (κ2) is 2.69. The maximum atomic E-state index is 4.32. The molecular formula is C8H9IN2. The molecule has 1 aliphatic carbocycles. The Morgan fingerprint density at radius 3 is 2.64 bits per heavy atom. The highest BCUT2D eigenvalue weighted by molar-refractivity contribution is 14.1. The molecule has 2 atom stereocenters. The van der Waals surface area contributed by atoms with Gasteiger partial charge in [-0.3, -0.25) is 9.97 Å². The summed E-state index contributed by atoms with van der Waals surface area (Å²) in [6.45, 7) is 2.21. The zero-order valence-electron chi connectivity index (χ0n) is 6.29. The highest BCUT2D eigenvalue weighted by Gasteiger charge is 2.28. The summed E-state index contributed by atoms with van der Waals surface area (Å²) in [5.74, 6) is 0.598. The van der Waals surface area contributed by atoms with Crippen molar-refractivity contribution in [1.29, 1.82) is 0 Å². The molecule has 0 aliphatic heterocycles. The lowest BCUT2D eigenvalue weighted by Crippen LogP contribution is -1.92. The van der Waals surface area contributed by atoms with Crippen molar-refractivity contribution in [2.75, 3.05) is 0 Å². The van der Waals surface area contributed by atoms with Crippen LogP contribution in [0.25, 0.3) is 0 Å². The number of alkyl halides is 1. The van der Waals surface area contributed by atoms with Gasteiger partial charge < -0.3 is 0 Å². The molecule has 0 amide bonds. The molecule has 0 aromatic carbocycles. The van der Waals surface area contributed by atoms with Crippen LogP contribution >= 0.6 is 22.6 Å². The van der Waals surface area contributed by atoms with E-state index in [4.69, 9.17) is 0 Å². The second-order valence-electron chi connectivity index (χ2n) is 2.93. The van der Waals surface area contributed by atoms with Crippen molar-refractivity contribution in [2.24, 2.45) is 0 Å². The summed E-state index contributed by atoms with van der Waals surface area (Å²) in [6, 6.07) is 0. The molecule has 0 radical (unpaired) electrons. The molecule has 1 unspecified atom stereocenters. The van der Waals surface area contributed by atoms with Gasteiger partial charge in [-0.25, -0.2) is 0 Å². The Labute approximate surface area is 79.6 Å². The third kappa shape index (κ3) is 1.15. The average molecular weight is 260 g/mol. The molecule has 0 saturated heterocycles. The van der Waals surface area contributed by atoms with Crippen molar-refractivity contribution in [1.82, 2.24) is 9.97 Å². The van der Waals surface area contributed by atoms with E-state index in [2.05, 4.69) is 39.5 Å². The average Bonchev–Trinajstić information content (AvgIpc) is 2.30. The highest BCUT2D eigenvalue weighted by Crippen LogP contribution is 2.42. The Hall–Kier alpha value is -0.190. The van der Waals surface area contributed by atoms with Crippen LogP contribution in [0.2, 0.25) is 0 Å². The molecular weight excluding hydrogens is 251 g/mol. The molecule has 11 heavy (non-hydrogen) atoms. The number of halogens is 1. The van der Waals surface area contributed by atoms with Crippen molar-refractivity contribution in [3.05, 3.63) is 23.8 Å². The molecule has 0 fully saturated rings. The highest BCUT2D eigenvalue weighted by atomic mass is 127. The summed E-state index contributed by atoms with van der Waals surface area (Å²) in [7, 11) is 0. The first-order valence-corrected chi connectivity index (χ1v) is 4.98. The van der Waals surface area contributed by atoms with Crippen LogP contribution in [0, 0.1) is 0 Å². The van der Waals surface area contributed by atoms with Crippen molar-refractivity contribution in [3.63, 3.8) is 0 Å². The lowest BCUT2D eigenvalue weighted by Gasteiger charge is -1.98. The van der Waals surface area contributed by atoms with E-state index in [-0.39, 0.29) is 0 Å². The number of nitrogens with zero attached hydrogens (tertiary/aromatic N) is 2. The van der Waals surface area contributed by atoms with Gasteiger partial charge in [-0.2, -0.15) is 0 Å². The SMILES string of the molecule is C[C@@H]1CC(I)c2nccnc21. The summed E-state index contributed by atoms with van der Waals surface area (Å²) in [6.07, 6.45) is 4.76. The Bertz CT molecular complexity index is 248. The molecule has 0 bridgehead atoms. The van der Waals surface area contributed by atoms with E-state index in [1.54, 1.807) is 12.4 Å². The number of rotatable bonds is 0. The largest absolute Gasteiger partial charge is 0.257 e. The van der Waals surface area contributed by atoms with E-state index in [0.717, 1.165) is 0 Å². The molecule has 1 aromatic heterocycles. The predicted molar refractivity (Wildman–Crippen MR) is 51.8 cm³/mol. The molecule has 0 N–H and O–H groups in total. The standard InChI is InChI=1S/C8H9IN2/c1-5-4-6(9)8-7(5)10-2-3-11-8/h2-3,5-6H,4H2,1H3/t5-,6?/m1/s1. The fourth-order valence-electron chi connectivity index (χ4n) is 1.51. The lowest BCUT2D eigenvalue weighted by atomic mass is 10.1. The Kier molecular flexibility index (Phi) is 1.83. The summed E-state index contributed by atoms with van der Waals surface area (Å²) in [5, 5.41) is 0. The van der Waals surface area contributed by atoms with Crippen LogP contribution in [-0.4, -0.2) is 9.97 Å². The summed E-state index contributed by atoms with van der Waals surface area (Å²) in [4.78, 5) is 8.64. The Balaban J connectivity index is 2.52. The topological polar surface area (TPSA) is 25.8 Å². The second-order valence-corrected chi connectivity index (χ2v) is 4.43. The maximum Gasteiger partial charge on any atom is 0.0749 e. The van der Waals surface area contributed by atoms with Gasteiger partial charge in [0.05, 0.1) is 15.3 Å². The minimum Gasteiger partial charge on any atom is -0.257 e. The van der Waals surface area contributed by atoms with Gasteiger partial charge in [-0.1, -0.05) is 29.5 Å². The van der Waals surface area contributed by atoms with E-state index in [9.17, 15) is 0 Å². The molecule has 2 rings (SSSR count). The summed E-state index contributed by atoms with van der Waals surface area (Å²) >= 11 is 2.44. The molecule has 3 heteroatoms. The molecule has 0 saturated carbocycles. The van der Waals surface area contributed by atoms with Gasteiger partial charge in [0.2, 0.25) is 0 Å². The molecule has 2 nitrogen and oxygen atoms in total. The van der Waals surface area contributed by atoms with Crippen LogP contribution in [-0.2, 0) is 0 Å². The van der Waals surface area contributed by atoms with Gasteiger partial charge in [0.25, 0.3) is 0 Å². The predicted octanol–water partition coefficient (Wildman–Crippen LogP) is 2.46. The normalized spacial score (nSPS) is 28.5. The van der Waals surface area contributed by atoms with Crippen LogP contribution in [0.15, 0.2) is 12.4 Å². The van der Waals surface area contributed by atoms with Crippen LogP contribution in [0.4, 0.5) is 0 Å². The van der Waals surface area contributed by atoms with Crippen LogP contribution in [0.1, 0.15) is 34.6 Å². The van der Waals surface area contributed by atoms with Gasteiger partial charge >= 0.3 is 0 Å². The van der Waals surface area contributed by atoms with E-state index in [1.165, 1.54) is 17.8 Å². The van der Waals surface area contributed by atoms with Crippen LogP contribution < -0.4 is 0 Å². The molecule has 1 heterocycles. The number of aromatic nitrogens is 2. The van der Waals surface area contributed by atoms with Gasteiger partial charge in [-0.15, -0.1) is 0 Å². The third-order valence-electron chi connectivity index (χ3n) is 2.08. The van der Waals surface area contributed by atoms with Gasteiger partial charge in [0, 0.05) is 18.3 Å². The Morgan fingerprint density at radius 1 is 1.36 bits per heavy atom. The quantitative estimate of drug-likeness (QED) is 0.529. The fourth-order valence-corrected chi connectivity index (χ4v) is 2.76. The van der Waals surface area contributed by atoms with Crippen molar-refractivity contribution in [3.8, 4) is 0 Å². The van der Waals surface area contributed by atoms with Crippen LogP contribution in [0.3, 0.4) is 0 Å². The smallest absolute Gasteiger partial charge is 0.0749 e. The van der Waals surface area contributed by atoms with Gasteiger partial charge in [0.1, 0.15) is 0 Å². The molecule has 0 spiro atoms. The zero-order valence-corrected chi connectivity index (χ0v) is 8.45. The number of hydrogen-bond acceptors (Lipinski definition) is 2. The first-order valence-electron chi connectivity index (χ1n) is 3.74. The van der Waals surface area contributed by atoms with Crippen molar-refractivity contribution < 1.29 is 0 Å². The van der Waals surface area contributed by atoms with E-state index < -0.39 is 0 Å². The first-order chi connectivity index (χ1) is 5.29. The molecule has 1 aliphatic rings. The first kappa shape index (κ1) is 7.46. The summed E-state index contributed by atoms with van der Waals surface area (Å²) in [5.41, 5.74) is 2.40.